The summed E-state index contributed by atoms with van der Waals surface area (Å²) in [6, 6.07) is 15.4. The predicted molar refractivity (Wildman–Crippen MR) is 293 cm³/mol. The molecule has 8 N–H and O–H groups in total. The maximum Gasteiger partial charge on any atom is 0.407 e. The van der Waals surface area contributed by atoms with E-state index >= 15 is 0 Å². The molecule has 3 aromatic carbocycles. The standard InChI is InChI=1S/C18H24ClN3O4.C7H4ClNOS.C7H16N2O2.C6H6ClNO.C4H6O.CCl2S.3CH4/c1-12(23)7-9-22(10-8-20-17(24)26-18(2,3)4)16-21-14-11-13(19)5-6-15(14)25-16;8-4-1-2-6-5(3-4)9-7(11)10-6;1-7(2,3)11-6(10)9-5-4-8;7-4-1-2-6(9)5(8)3-4;1-3-4(2)5;2-1(3)4;;;/h5-6,11H,7-10H2,1-4H3,(H,20,24);1-3H,(H,9,11);4-5,8H2,1-3H3,(H,9,10);1-3,9H,8H2;3H,1H2,2H3;;3*1H4. The molecule has 5 aromatic rings. The summed E-state index contributed by atoms with van der Waals surface area (Å²) in [6.45, 7) is 19.1. The van der Waals surface area contributed by atoms with Gasteiger partial charge in [-0.1, -0.05) is 99.1 Å². The number of hydrogen-bond donors (Lipinski definition) is 6. The van der Waals surface area contributed by atoms with Gasteiger partial charge in [-0.05, 0) is 128 Å². The molecule has 0 aliphatic rings. The second kappa shape index (κ2) is 36.3. The lowest BCUT2D eigenvalue weighted by Crippen LogP contribution is -2.38. The van der Waals surface area contributed by atoms with Crippen LogP contribution in [-0.4, -0.2) is 86.5 Å². The van der Waals surface area contributed by atoms with Crippen molar-refractivity contribution in [2.24, 2.45) is 5.73 Å². The molecule has 69 heavy (non-hydrogen) atoms. The zero-order valence-electron chi connectivity index (χ0n) is 37.7. The van der Waals surface area contributed by atoms with E-state index in [4.69, 9.17) is 105 Å². The number of amides is 2. The fraction of sp³-hybridized carbons (Fsp3) is 0.413. The number of carbonyl (C=O) groups excluding carboxylic acids is 4. The van der Waals surface area contributed by atoms with Gasteiger partial charge in [0.05, 0.1) is 11.2 Å². The summed E-state index contributed by atoms with van der Waals surface area (Å²) in [5, 5.41) is 15.8. The van der Waals surface area contributed by atoms with Gasteiger partial charge in [-0.25, -0.2) is 9.59 Å². The van der Waals surface area contributed by atoms with Crippen molar-refractivity contribution >= 4 is 144 Å². The Hall–Kier alpha value is -4.66. The molecule has 0 saturated carbocycles. The van der Waals surface area contributed by atoms with Crippen molar-refractivity contribution in [3.05, 3.63) is 87.2 Å². The lowest BCUT2D eigenvalue weighted by atomic mass is 10.2. The normalized spacial score (nSPS) is 9.83. The van der Waals surface area contributed by atoms with E-state index in [2.05, 4.69) is 39.4 Å². The number of phenols is 1. The first-order valence-corrected chi connectivity index (χ1v) is 22.2. The Balaban J connectivity index is -0.000000411. The average Bonchev–Trinajstić information content (AvgIpc) is 3.78. The number of rotatable bonds is 10. The van der Waals surface area contributed by atoms with E-state index in [0.29, 0.717) is 81.9 Å². The van der Waals surface area contributed by atoms with Gasteiger partial charge in [0.1, 0.15) is 28.3 Å². The fourth-order valence-electron chi connectivity index (χ4n) is 4.16. The summed E-state index contributed by atoms with van der Waals surface area (Å²) in [7, 11) is 0. The highest BCUT2D eigenvalue weighted by Gasteiger charge is 2.19. The lowest BCUT2D eigenvalue weighted by Gasteiger charge is -2.22. The van der Waals surface area contributed by atoms with E-state index in [1.165, 1.54) is 32.1 Å². The molecular formula is C46H68Cl5N7O9S2. The van der Waals surface area contributed by atoms with E-state index in [1.807, 2.05) is 25.7 Å². The van der Waals surface area contributed by atoms with Gasteiger partial charge in [0.25, 0.3) is 10.9 Å². The molecule has 0 bridgehead atoms. The average molecular weight is 1100 g/mol. The van der Waals surface area contributed by atoms with Crippen molar-refractivity contribution in [2.45, 2.75) is 95.3 Å². The number of Topliss-reactive ketones (excluding diaryl/α,β-unsaturated/α-hetero) is 1. The number of fused-ring (bicyclic) bond motifs is 2. The van der Waals surface area contributed by atoms with Crippen LogP contribution in [0.5, 0.6) is 5.75 Å². The number of benzene rings is 3. The molecule has 0 atom stereocenters. The Kier molecular flexibility index (Phi) is 37.3. The van der Waals surface area contributed by atoms with Crippen LogP contribution in [0.2, 0.25) is 15.1 Å². The number of allylic oxidation sites excluding steroid dienone is 1. The SMILES string of the molecule is C.C.C.C=CC(C)=O.CC(=O)CCN(CCNC(=O)OC(C)(C)C)c1nc2cc(Cl)ccc2o1.CC(C)(C)OC(=O)NCCN.Nc1cc(Cl)ccc1O.S=C(Cl)Cl.S=c1[nH]c2cc(Cl)ccc2o1. The number of ether oxygens (including phenoxy) is 2. The first-order valence-electron chi connectivity index (χ1n) is 19.5. The van der Waals surface area contributed by atoms with Gasteiger partial charge >= 0.3 is 12.2 Å². The number of aromatic amines is 1. The minimum absolute atomic E-state index is 0. The van der Waals surface area contributed by atoms with Crippen molar-refractivity contribution < 1.29 is 42.6 Å². The molecule has 0 saturated heterocycles. The first kappa shape index (κ1) is 70.9. The molecule has 0 radical (unpaired) electrons. The molecule has 2 amide bonds. The largest absolute Gasteiger partial charge is 0.506 e. The Labute approximate surface area is 441 Å². The molecule has 0 aliphatic heterocycles. The number of phenolic OH excluding ortho intramolecular Hbond substituents is 1. The van der Waals surface area contributed by atoms with Crippen molar-refractivity contribution in [3.63, 3.8) is 0 Å². The van der Waals surface area contributed by atoms with Crippen molar-refractivity contribution in [1.29, 1.82) is 0 Å². The van der Waals surface area contributed by atoms with Crippen LogP contribution in [0, 0.1) is 4.84 Å². The quantitative estimate of drug-likeness (QED) is 0.0250. The van der Waals surface area contributed by atoms with Gasteiger partial charge in [-0.3, -0.25) is 9.59 Å². The summed E-state index contributed by atoms with van der Waals surface area (Å²) < 4.78 is 21.0. The maximum atomic E-state index is 11.8. The highest BCUT2D eigenvalue weighted by molar-refractivity contribution is 7.86. The molecule has 0 unspecified atom stereocenters. The number of aromatic hydroxyl groups is 1. The summed E-state index contributed by atoms with van der Waals surface area (Å²) in [5.41, 5.74) is 12.6. The topological polar surface area (TPSA) is 241 Å². The third kappa shape index (κ3) is 36.0. The van der Waals surface area contributed by atoms with Gasteiger partial charge in [-0.15, -0.1) is 0 Å². The number of nitrogens with two attached hydrogens (primary N) is 2. The number of thiocarbonyl (C=S) groups is 1. The van der Waals surface area contributed by atoms with Crippen molar-refractivity contribution in [3.8, 4) is 5.75 Å². The van der Waals surface area contributed by atoms with Crippen LogP contribution < -0.4 is 27.0 Å². The summed E-state index contributed by atoms with van der Waals surface area (Å²) in [4.78, 5) is 53.1. The molecule has 388 valence electrons. The third-order valence-corrected chi connectivity index (χ3v) is 7.75. The van der Waals surface area contributed by atoms with E-state index < -0.39 is 23.4 Å². The van der Waals surface area contributed by atoms with E-state index in [1.54, 1.807) is 63.2 Å². The number of carbonyl (C=O) groups is 4. The van der Waals surface area contributed by atoms with E-state index in [9.17, 15) is 19.2 Å². The number of aromatic nitrogens is 2. The smallest absolute Gasteiger partial charge is 0.407 e. The third-order valence-electron chi connectivity index (χ3n) is 6.86. The number of nitrogens with zero attached hydrogens (tertiary/aromatic N) is 2. The number of halogens is 5. The number of nitrogen functional groups attached to an aromatic ring is 1. The molecule has 16 nitrogen and oxygen atoms in total. The zero-order valence-corrected chi connectivity index (χ0v) is 43.1. The minimum atomic E-state index is -0.558. The number of hydrogen-bond acceptors (Lipinski definition) is 15. The number of anilines is 2. The van der Waals surface area contributed by atoms with Crippen LogP contribution in [0.3, 0.4) is 0 Å². The second-order valence-corrected chi connectivity index (χ2v) is 18.6. The van der Waals surface area contributed by atoms with Crippen LogP contribution >= 0.6 is 82.4 Å². The van der Waals surface area contributed by atoms with Crippen LogP contribution in [-0.2, 0) is 19.1 Å². The predicted octanol–water partition coefficient (Wildman–Crippen LogP) is 13.5. The number of oxazole rings is 2. The molecular weight excluding hydrogens is 1040 g/mol. The summed E-state index contributed by atoms with van der Waals surface area (Å²) in [6.07, 6.45) is 0.725. The number of alkyl carbamates (subject to hydrolysis) is 2. The molecule has 0 fully saturated rings. The minimum Gasteiger partial charge on any atom is -0.506 e. The van der Waals surface area contributed by atoms with Gasteiger partial charge in [0, 0.05) is 54.2 Å². The molecule has 0 spiro atoms. The molecule has 0 aliphatic carbocycles. The number of ketones is 2. The molecule has 2 aromatic heterocycles. The highest BCUT2D eigenvalue weighted by Crippen LogP contribution is 2.25. The zero-order chi connectivity index (χ0) is 50.8. The van der Waals surface area contributed by atoms with Crippen molar-refractivity contribution in [1.82, 2.24) is 20.6 Å². The highest BCUT2D eigenvalue weighted by atomic mass is 35.5. The van der Waals surface area contributed by atoms with Gasteiger partial charge in [0.2, 0.25) is 0 Å². The van der Waals surface area contributed by atoms with E-state index in [-0.39, 0.29) is 43.4 Å². The fourth-order valence-corrected chi connectivity index (χ4v) is 4.88. The molecule has 23 heteroatoms. The lowest BCUT2D eigenvalue weighted by molar-refractivity contribution is -0.117. The van der Waals surface area contributed by atoms with Crippen LogP contribution in [0.15, 0.2) is 76.1 Å². The second-order valence-electron chi connectivity index (χ2n) is 15.1. The number of H-pyrrole nitrogens is 1. The summed E-state index contributed by atoms with van der Waals surface area (Å²) in [5.74, 6) is 0.152. The van der Waals surface area contributed by atoms with Crippen LogP contribution in [0.1, 0.15) is 84.1 Å². The Morgan fingerprint density at radius 1 is 0.826 bits per heavy atom. The van der Waals surface area contributed by atoms with Gasteiger partial charge in [0.15, 0.2) is 20.7 Å². The maximum absolute atomic E-state index is 11.8. The summed E-state index contributed by atoms with van der Waals surface area (Å²) >= 11 is 35.6. The Morgan fingerprint density at radius 3 is 1.74 bits per heavy atom. The number of nitrogens with one attached hydrogen (secondary N) is 3. The molecule has 5 rings (SSSR count). The van der Waals surface area contributed by atoms with Crippen LogP contribution in [0.25, 0.3) is 22.2 Å². The molecule has 2 heterocycles. The Morgan fingerprint density at radius 2 is 1.29 bits per heavy atom. The first-order chi connectivity index (χ1) is 30.5. The van der Waals surface area contributed by atoms with Crippen LogP contribution in [0.4, 0.5) is 21.3 Å². The van der Waals surface area contributed by atoms with E-state index in [0.717, 1.165) is 11.1 Å². The van der Waals surface area contributed by atoms with Gasteiger partial charge in [-0.2, -0.15) is 4.98 Å². The monoisotopic (exact) mass is 1100 g/mol. The van der Waals surface area contributed by atoms with Gasteiger partial charge < -0.3 is 55.4 Å². The Bertz CT molecular complexity index is 2400. The van der Waals surface area contributed by atoms with Crippen molar-refractivity contribution in [2.75, 3.05) is 43.4 Å².